The molecular formula is C8H13Cl2N3. The maximum atomic E-state index is 5.42. The van der Waals surface area contributed by atoms with Crippen LogP contribution in [0.15, 0.2) is 12.1 Å². The van der Waals surface area contributed by atoms with E-state index in [1.54, 1.807) is 12.1 Å². The fourth-order valence-electron chi connectivity index (χ4n) is 0.947. The lowest BCUT2D eigenvalue weighted by Crippen LogP contribution is -2.39. The van der Waals surface area contributed by atoms with Crippen LogP contribution in [0.2, 0.25) is 10.3 Å². The minimum Gasteiger partial charge on any atom is -0.337 e. The van der Waals surface area contributed by atoms with Gasteiger partial charge in [-0.2, -0.15) is 0 Å². The normalized spacial score (nSPS) is 16.2. The second kappa shape index (κ2) is 6.27. The van der Waals surface area contributed by atoms with Crippen molar-refractivity contribution in [3.8, 4) is 0 Å². The summed E-state index contributed by atoms with van der Waals surface area (Å²) in [5, 5.41) is 7.59. The fourth-order valence-corrected chi connectivity index (χ4v) is 1.33. The van der Waals surface area contributed by atoms with Crippen molar-refractivity contribution < 1.29 is 0 Å². The van der Waals surface area contributed by atoms with Gasteiger partial charge in [0.15, 0.2) is 0 Å². The van der Waals surface area contributed by atoms with Gasteiger partial charge >= 0.3 is 0 Å². The maximum absolute atomic E-state index is 5.42. The lowest BCUT2D eigenvalue weighted by molar-refractivity contribution is 0.534. The molecule has 1 aromatic rings. The highest BCUT2D eigenvalue weighted by Crippen LogP contribution is 2.10. The SMILES string of the molecule is C1CNCCN1.Clc1ccc(Cl)[nH]1. The van der Waals surface area contributed by atoms with Gasteiger partial charge in [-0.25, -0.2) is 0 Å². The molecule has 5 heteroatoms. The summed E-state index contributed by atoms with van der Waals surface area (Å²) >= 11 is 10.8. The van der Waals surface area contributed by atoms with Crippen LogP contribution >= 0.6 is 23.2 Å². The van der Waals surface area contributed by atoms with E-state index in [2.05, 4.69) is 15.6 Å². The van der Waals surface area contributed by atoms with E-state index in [0.29, 0.717) is 10.3 Å². The highest BCUT2D eigenvalue weighted by atomic mass is 35.5. The highest BCUT2D eigenvalue weighted by molar-refractivity contribution is 6.33. The minimum absolute atomic E-state index is 0.574. The van der Waals surface area contributed by atoms with Crippen LogP contribution in [-0.4, -0.2) is 31.2 Å². The lowest BCUT2D eigenvalue weighted by Gasteiger charge is -2.11. The Morgan fingerprint density at radius 3 is 1.38 bits per heavy atom. The van der Waals surface area contributed by atoms with Crippen molar-refractivity contribution in [1.82, 2.24) is 15.6 Å². The second-order valence-electron chi connectivity index (χ2n) is 2.65. The molecule has 1 saturated heterocycles. The summed E-state index contributed by atoms with van der Waals surface area (Å²) in [6.07, 6.45) is 0. The van der Waals surface area contributed by atoms with Crippen molar-refractivity contribution >= 4 is 23.2 Å². The van der Waals surface area contributed by atoms with E-state index in [-0.39, 0.29) is 0 Å². The first kappa shape index (κ1) is 10.9. The van der Waals surface area contributed by atoms with E-state index < -0.39 is 0 Å². The number of hydrogen-bond donors (Lipinski definition) is 3. The number of hydrogen-bond acceptors (Lipinski definition) is 2. The van der Waals surface area contributed by atoms with E-state index in [0.717, 1.165) is 26.2 Å². The van der Waals surface area contributed by atoms with Crippen LogP contribution in [0.3, 0.4) is 0 Å². The van der Waals surface area contributed by atoms with Gasteiger partial charge in [-0.15, -0.1) is 0 Å². The van der Waals surface area contributed by atoms with Gasteiger partial charge in [-0.05, 0) is 12.1 Å². The third kappa shape index (κ3) is 5.16. The molecule has 0 aromatic carbocycles. The Hall–Kier alpha value is -0.220. The third-order valence-corrected chi connectivity index (χ3v) is 2.01. The summed E-state index contributed by atoms with van der Waals surface area (Å²) in [5.74, 6) is 0. The smallest absolute Gasteiger partial charge is 0.107 e. The van der Waals surface area contributed by atoms with Gasteiger partial charge in [0, 0.05) is 26.2 Å². The molecule has 0 atom stereocenters. The van der Waals surface area contributed by atoms with Crippen molar-refractivity contribution in [3.05, 3.63) is 22.4 Å². The van der Waals surface area contributed by atoms with Crippen molar-refractivity contribution in [2.45, 2.75) is 0 Å². The van der Waals surface area contributed by atoms with Crippen LogP contribution in [0.1, 0.15) is 0 Å². The van der Waals surface area contributed by atoms with Crippen molar-refractivity contribution in [1.29, 1.82) is 0 Å². The Morgan fingerprint density at radius 1 is 0.846 bits per heavy atom. The summed E-state index contributed by atoms with van der Waals surface area (Å²) < 4.78 is 0. The molecule has 0 spiro atoms. The lowest BCUT2D eigenvalue weighted by atomic mass is 10.4. The number of rotatable bonds is 0. The molecule has 3 N–H and O–H groups in total. The molecule has 1 aromatic heterocycles. The molecule has 2 heterocycles. The van der Waals surface area contributed by atoms with Gasteiger partial charge in [0.25, 0.3) is 0 Å². The summed E-state index contributed by atoms with van der Waals surface area (Å²) in [6, 6.07) is 3.40. The quantitative estimate of drug-likeness (QED) is 0.622. The number of nitrogens with one attached hydrogen (secondary N) is 3. The zero-order valence-electron chi connectivity index (χ0n) is 7.24. The Kier molecular flexibility index (Phi) is 5.23. The third-order valence-electron chi connectivity index (χ3n) is 1.57. The Labute approximate surface area is 87.8 Å². The Bertz CT molecular complexity index is 205. The van der Waals surface area contributed by atoms with Crippen molar-refractivity contribution in [2.75, 3.05) is 26.2 Å². The topological polar surface area (TPSA) is 39.8 Å². The first-order chi connectivity index (χ1) is 6.29. The zero-order valence-corrected chi connectivity index (χ0v) is 8.75. The van der Waals surface area contributed by atoms with Gasteiger partial charge in [0.1, 0.15) is 10.3 Å². The molecule has 13 heavy (non-hydrogen) atoms. The van der Waals surface area contributed by atoms with Gasteiger partial charge in [-0.3, -0.25) is 0 Å². The summed E-state index contributed by atoms with van der Waals surface area (Å²) in [7, 11) is 0. The largest absolute Gasteiger partial charge is 0.337 e. The molecule has 0 amide bonds. The number of H-pyrrole nitrogens is 1. The summed E-state index contributed by atoms with van der Waals surface area (Å²) in [6.45, 7) is 4.56. The molecule has 2 rings (SSSR count). The van der Waals surface area contributed by atoms with Crippen molar-refractivity contribution in [3.63, 3.8) is 0 Å². The van der Waals surface area contributed by atoms with Crippen molar-refractivity contribution in [2.24, 2.45) is 0 Å². The molecular weight excluding hydrogens is 209 g/mol. The second-order valence-corrected chi connectivity index (χ2v) is 3.47. The zero-order chi connectivity index (χ0) is 9.52. The van der Waals surface area contributed by atoms with Gasteiger partial charge in [0.2, 0.25) is 0 Å². The van der Waals surface area contributed by atoms with Gasteiger partial charge in [0.05, 0.1) is 0 Å². The van der Waals surface area contributed by atoms with Crippen LogP contribution in [0.5, 0.6) is 0 Å². The summed E-state index contributed by atoms with van der Waals surface area (Å²) in [5.41, 5.74) is 0. The average Bonchev–Trinajstić information content (AvgIpc) is 2.54. The molecule has 0 saturated carbocycles. The predicted molar refractivity (Wildman–Crippen MR) is 56.6 cm³/mol. The maximum Gasteiger partial charge on any atom is 0.107 e. The van der Waals surface area contributed by atoms with E-state index in [1.165, 1.54) is 0 Å². The van der Waals surface area contributed by atoms with E-state index >= 15 is 0 Å². The molecule has 0 bridgehead atoms. The van der Waals surface area contributed by atoms with Crippen LogP contribution in [0, 0.1) is 0 Å². The molecule has 0 radical (unpaired) electrons. The Morgan fingerprint density at radius 2 is 1.23 bits per heavy atom. The van der Waals surface area contributed by atoms with E-state index in [4.69, 9.17) is 23.2 Å². The summed E-state index contributed by atoms with van der Waals surface area (Å²) in [4.78, 5) is 2.67. The molecule has 1 aliphatic heterocycles. The molecule has 0 aliphatic carbocycles. The molecule has 3 nitrogen and oxygen atoms in total. The average molecular weight is 222 g/mol. The number of halogens is 2. The first-order valence-electron chi connectivity index (χ1n) is 4.20. The number of piperazine rings is 1. The Balaban J connectivity index is 0.000000132. The fraction of sp³-hybridized carbons (Fsp3) is 0.500. The van der Waals surface area contributed by atoms with Gasteiger partial charge < -0.3 is 15.6 Å². The number of aromatic amines is 1. The molecule has 1 aliphatic rings. The van der Waals surface area contributed by atoms with E-state index in [1.807, 2.05) is 0 Å². The predicted octanol–water partition coefficient (Wildman–Crippen LogP) is 1.50. The van der Waals surface area contributed by atoms with E-state index in [9.17, 15) is 0 Å². The standard InChI is InChI=1S/C4H3Cl2N.C4H10N2/c5-3-1-2-4(6)7-3;1-2-6-4-3-5-1/h1-2,7H;5-6H,1-4H2. The highest BCUT2D eigenvalue weighted by Gasteiger charge is 1.91. The van der Waals surface area contributed by atoms with Gasteiger partial charge in [-0.1, -0.05) is 23.2 Å². The number of aromatic nitrogens is 1. The van der Waals surface area contributed by atoms with Crippen LogP contribution < -0.4 is 10.6 Å². The first-order valence-corrected chi connectivity index (χ1v) is 4.96. The molecule has 1 fully saturated rings. The van der Waals surface area contributed by atoms with Crippen LogP contribution in [0.25, 0.3) is 0 Å². The minimum atomic E-state index is 0.574. The van der Waals surface area contributed by atoms with Crippen LogP contribution in [0.4, 0.5) is 0 Å². The molecule has 74 valence electrons. The van der Waals surface area contributed by atoms with Crippen LogP contribution in [-0.2, 0) is 0 Å². The molecule has 0 unspecified atom stereocenters. The monoisotopic (exact) mass is 221 g/mol.